The van der Waals surface area contributed by atoms with Crippen LogP contribution in [-0.2, 0) is 11.3 Å². The molecular weight excluding hydrogens is 620 g/mol. The maximum Gasteiger partial charge on any atom is 0.471 e. The molecule has 248 valence electrons. The number of hydrogen-bond acceptors (Lipinski definition) is 8. The molecule has 2 fully saturated rings. The Hall–Kier alpha value is -4.11. The van der Waals surface area contributed by atoms with Crippen LogP contribution in [0.2, 0.25) is 0 Å². The largest absolute Gasteiger partial charge is 0.481 e. The Labute approximate surface area is 261 Å². The summed E-state index contributed by atoms with van der Waals surface area (Å²) in [6, 6.07) is 18.3. The summed E-state index contributed by atoms with van der Waals surface area (Å²) in [5, 5.41) is 0. The summed E-state index contributed by atoms with van der Waals surface area (Å²) in [7, 11) is 2.54. The highest BCUT2D eigenvalue weighted by atomic mass is 19.4. The van der Waals surface area contributed by atoms with Gasteiger partial charge in [-0.05, 0) is 11.1 Å². The van der Waals surface area contributed by atoms with Crippen LogP contribution >= 0.6 is 0 Å². The first-order valence-corrected chi connectivity index (χ1v) is 14.5. The number of carbonyl (C=O) groups is 1. The third kappa shape index (κ3) is 7.64. The molecule has 0 saturated carbocycles. The molecule has 0 radical (unpaired) electrons. The average Bonchev–Trinajstić information content (AvgIpc) is 3.03. The Morgan fingerprint density at radius 1 is 0.848 bits per heavy atom. The van der Waals surface area contributed by atoms with Gasteiger partial charge in [0, 0.05) is 57.3 Å². The van der Waals surface area contributed by atoms with Crippen molar-refractivity contribution in [2.45, 2.75) is 36.9 Å². The van der Waals surface area contributed by atoms with E-state index in [4.69, 9.17) is 14.2 Å². The Kier molecular flexibility index (Phi) is 9.91. The first-order chi connectivity index (χ1) is 21.9. The Morgan fingerprint density at radius 2 is 1.46 bits per heavy atom. The Morgan fingerprint density at radius 3 is 2.00 bits per heavy atom. The number of halogens is 6. The molecule has 2 aromatic carbocycles. The molecule has 46 heavy (non-hydrogen) atoms. The van der Waals surface area contributed by atoms with E-state index >= 15 is 0 Å². The average molecular weight is 654 g/mol. The minimum Gasteiger partial charge on any atom is -0.481 e. The highest BCUT2D eigenvalue weighted by Gasteiger charge is 2.48. The molecule has 0 bridgehead atoms. The van der Waals surface area contributed by atoms with Crippen LogP contribution in [0.4, 0.5) is 26.3 Å². The normalized spacial score (nSPS) is 19.5. The van der Waals surface area contributed by atoms with Crippen LogP contribution in [0, 0.1) is 0 Å². The van der Waals surface area contributed by atoms with E-state index in [1.807, 2.05) is 65.6 Å². The molecule has 1 aromatic heterocycles. The summed E-state index contributed by atoms with van der Waals surface area (Å²) in [6.07, 6.45) is -9.68. The number of hydrogen-bond donors (Lipinski definition) is 0. The first kappa shape index (κ1) is 33.3. The van der Waals surface area contributed by atoms with E-state index in [0.717, 1.165) is 16.0 Å². The van der Waals surface area contributed by atoms with Gasteiger partial charge in [-0.2, -0.15) is 36.3 Å². The van der Waals surface area contributed by atoms with E-state index in [1.165, 1.54) is 14.2 Å². The van der Waals surface area contributed by atoms with Crippen LogP contribution in [0.15, 0.2) is 60.7 Å². The van der Waals surface area contributed by atoms with Crippen LogP contribution < -0.4 is 14.2 Å². The number of alkyl halides is 6. The maximum atomic E-state index is 13.5. The maximum absolute atomic E-state index is 13.5. The summed E-state index contributed by atoms with van der Waals surface area (Å²) in [5.74, 6) is -2.59. The zero-order chi connectivity index (χ0) is 33.1. The van der Waals surface area contributed by atoms with Gasteiger partial charge in [0.25, 0.3) is 0 Å². The molecule has 1 amide bonds. The Balaban J connectivity index is 1.55. The molecule has 2 saturated heterocycles. The van der Waals surface area contributed by atoms with E-state index in [2.05, 4.69) is 14.9 Å². The number of methoxy groups -OCH3 is 2. The topological polar surface area (TPSA) is 80.3 Å². The van der Waals surface area contributed by atoms with Crippen molar-refractivity contribution >= 4 is 5.91 Å². The van der Waals surface area contributed by atoms with Gasteiger partial charge in [0.1, 0.15) is 0 Å². The Bertz CT molecular complexity index is 1440. The van der Waals surface area contributed by atoms with E-state index < -0.39 is 30.9 Å². The molecule has 2 aliphatic heterocycles. The van der Waals surface area contributed by atoms with Crippen LogP contribution in [0.1, 0.15) is 22.6 Å². The number of ether oxygens (including phenoxy) is 3. The molecule has 15 heteroatoms. The third-order valence-corrected chi connectivity index (χ3v) is 8.14. The summed E-state index contributed by atoms with van der Waals surface area (Å²) in [6.45, 7) is -1.19. The van der Waals surface area contributed by atoms with Crippen molar-refractivity contribution in [2.75, 3.05) is 53.6 Å². The molecule has 3 heterocycles. The predicted octanol–water partition coefficient (Wildman–Crippen LogP) is 4.53. The number of nitrogens with zero attached hydrogens (tertiary/aromatic N) is 5. The van der Waals surface area contributed by atoms with Crippen LogP contribution in [-0.4, -0.2) is 109 Å². The van der Waals surface area contributed by atoms with Gasteiger partial charge in [-0.15, -0.1) is 0 Å². The highest BCUT2D eigenvalue weighted by Crippen LogP contribution is 2.38. The van der Waals surface area contributed by atoms with Crippen LogP contribution in [0.3, 0.4) is 0 Å². The van der Waals surface area contributed by atoms with Crippen LogP contribution in [0.5, 0.6) is 17.8 Å². The number of amides is 1. The van der Waals surface area contributed by atoms with Gasteiger partial charge >= 0.3 is 24.3 Å². The van der Waals surface area contributed by atoms with Gasteiger partial charge in [0.2, 0.25) is 11.8 Å². The summed E-state index contributed by atoms with van der Waals surface area (Å²) >= 11 is 0. The number of benzene rings is 2. The van der Waals surface area contributed by atoms with Crippen molar-refractivity contribution in [1.82, 2.24) is 24.7 Å². The van der Waals surface area contributed by atoms with Gasteiger partial charge in [0.15, 0.2) is 6.61 Å². The molecule has 0 N–H and O–H groups in total. The monoisotopic (exact) mass is 653 g/mol. The SMILES string of the molecule is COc1nc(OC)c(CN2CC3CN(C(=O)C(F)(F)F)CCN3C(C(c3ccccc3)c3ccccc3)C2)c(OCC(F)(F)F)n1. The molecule has 5 rings (SSSR count). The van der Waals surface area contributed by atoms with Crippen molar-refractivity contribution < 1.29 is 45.3 Å². The molecule has 2 atom stereocenters. The predicted molar refractivity (Wildman–Crippen MR) is 154 cm³/mol. The van der Waals surface area contributed by atoms with Crippen molar-refractivity contribution in [3.05, 3.63) is 77.4 Å². The number of carbonyl (C=O) groups excluding carboxylic acids is 1. The molecule has 2 aliphatic rings. The van der Waals surface area contributed by atoms with Gasteiger partial charge in [-0.25, -0.2) is 0 Å². The fraction of sp³-hybridized carbons (Fsp3) is 0.452. The second-order valence-corrected chi connectivity index (χ2v) is 11.1. The zero-order valence-corrected chi connectivity index (χ0v) is 25.1. The third-order valence-electron chi connectivity index (χ3n) is 8.14. The smallest absolute Gasteiger partial charge is 0.471 e. The lowest BCUT2D eigenvalue weighted by Crippen LogP contribution is -2.68. The summed E-state index contributed by atoms with van der Waals surface area (Å²) in [4.78, 5) is 25.3. The molecule has 9 nitrogen and oxygen atoms in total. The molecule has 0 spiro atoms. The van der Waals surface area contributed by atoms with Crippen molar-refractivity contribution in [3.8, 4) is 17.8 Å². The second-order valence-electron chi connectivity index (χ2n) is 11.1. The molecular formula is C31H33F6N5O4. The minimum absolute atomic E-state index is 0.0509. The molecule has 2 unspecified atom stereocenters. The van der Waals surface area contributed by atoms with Gasteiger partial charge in [0.05, 0.1) is 19.8 Å². The number of piperazine rings is 2. The minimum atomic E-state index is -5.02. The van der Waals surface area contributed by atoms with Gasteiger partial charge in [-0.1, -0.05) is 60.7 Å². The molecule has 3 aromatic rings. The van der Waals surface area contributed by atoms with Crippen molar-refractivity contribution in [2.24, 2.45) is 0 Å². The number of aromatic nitrogens is 2. The fourth-order valence-electron chi connectivity index (χ4n) is 6.27. The van der Waals surface area contributed by atoms with Crippen molar-refractivity contribution in [1.29, 1.82) is 0 Å². The fourth-order valence-corrected chi connectivity index (χ4v) is 6.27. The lowest BCUT2D eigenvalue weighted by Gasteiger charge is -2.53. The van der Waals surface area contributed by atoms with Gasteiger partial charge in [-0.3, -0.25) is 14.6 Å². The lowest BCUT2D eigenvalue weighted by atomic mass is 9.81. The first-order valence-electron chi connectivity index (χ1n) is 14.5. The van der Waals surface area contributed by atoms with Gasteiger partial charge < -0.3 is 19.1 Å². The van der Waals surface area contributed by atoms with E-state index in [0.29, 0.717) is 6.54 Å². The molecule has 0 aliphatic carbocycles. The standard InChI is InChI=1S/C31H33F6N5O4/c1-44-26-23(27(39-29(38-26)45-2)46-19-30(32,33)34)17-40-15-22-16-41(28(43)31(35,36)37)13-14-42(22)24(18-40)25(20-9-5-3-6-10-20)21-11-7-4-8-12-21/h3-12,22,24-25H,13-19H2,1-2H3. The lowest BCUT2D eigenvalue weighted by molar-refractivity contribution is -0.189. The second kappa shape index (κ2) is 13.7. The zero-order valence-electron chi connectivity index (χ0n) is 25.1. The summed E-state index contributed by atoms with van der Waals surface area (Å²) in [5.41, 5.74) is 2.08. The van der Waals surface area contributed by atoms with Crippen LogP contribution in [0.25, 0.3) is 0 Å². The van der Waals surface area contributed by atoms with Crippen molar-refractivity contribution in [3.63, 3.8) is 0 Å². The van der Waals surface area contributed by atoms with E-state index in [9.17, 15) is 31.1 Å². The number of fused-ring (bicyclic) bond motifs is 1. The highest BCUT2D eigenvalue weighted by molar-refractivity contribution is 5.82. The number of rotatable bonds is 9. The van der Waals surface area contributed by atoms with E-state index in [-0.39, 0.29) is 68.0 Å². The quantitative estimate of drug-likeness (QED) is 0.312. The van der Waals surface area contributed by atoms with E-state index in [1.54, 1.807) is 0 Å². The summed E-state index contributed by atoms with van der Waals surface area (Å²) < 4.78 is 95.4.